The molecule has 0 saturated carbocycles. The van der Waals surface area contributed by atoms with Gasteiger partial charge in [-0.2, -0.15) is 0 Å². The Balaban J connectivity index is 1.65. The molecular formula is C16H14ClFN6O. The maximum Gasteiger partial charge on any atom is 0.243 e. The molecule has 3 rings (SSSR count). The molecule has 1 amide bonds. The number of nitrogens with zero attached hydrogens (tertiary/aromatic N) is 4. The van der Waals surface area contributed by atoms with Gasteiger partial charge in [-0.05, 0) is 53.2 Å². The number of hydrogen-bond acceptors (Lipinski definition) is 5. The van der Waals surface area contributed by atoms with Gasteiger partial charge in [0.25, 0.3) is 0 Å². The highest BCUT2D eigenvalue weighted by Crippen LogP contribution is 2.20. The quantitative estimate of drug-likeness (QED) is 0.730. The van der Waals surface area contributed by atoms with Crippen LogP contribution in [0.15, 0.2) is 42.7 Å². The highest BCUT2D eigenvalue weighted by atomic mass is 35.5. The maximum absolute atomic E-state index is 13.1. The first-order valence-corrected chi connectivity index (χ1v) is 7.73. The molecule has 0 bridgehead atoms. The molecule has 7 nitrogen and oxygen atoms in total. The number of benzene rings is 2. The molecule has 1 aromatic heterocycles. The summed E-state index contributed by atoms with van der Waals surface area (Å²) in [5.74, 6) is -0.817. The Hall–Kier alpha value is -3.00. The third-order valence-corrected chi connectivity index (χ3v) is 3.77. The Bertz CT molecular complexity index is 900. The molecule has 2 N–H and O–H groups in total. The standard InChI is InChI=1S/C16H14ClFN6O/c1-10-2-4-12(24-9-20-22-23-24)7-15(10)19-8-16(25)21-11-3-5-14(18)13(17)6-11/h2-7,9,19H,8H2,1H3,(H,21,25). The van der Waals surface area contributed by atoms with E-state index in [0.29, 0.717) is 5.69 Å². The molecule has 0 spiro atoms. The first-order valence-electron chi connectivity index (χ1n) is 7.36. The highest BCUT2D eigenvalue weighted by Gasteiger charge is 2.08. The van der Waals surface area contributed by atoms with E-state index in [9.17, 15) is 9.18 Å². The number of aryl methyl sites for hydroxylation is 1. The van der Waals surface area contributed by atoms with Crippen molar-refractivity contribution in [1.82, 2.24) is 20.2 Å². The van der Waals surface area contributed by atoms with Crippen molar-refractivity contribution >= 4 is 28.9 Å². The van der Waals surface area contributed by atoms with Crippen LogP contribution in [0.4, 0.5) is 15.8 Å². The van der Waals surface area contributed by atoms with Gasteiger partial charge in [-0.3, -0.25) is 4.79 Å². The predicted octanol–water partition coefficient (Wildman–Crippen LogP) is 2.81. The van der Waals surface area contributed by atoms with Crippen molar-refractivity contribution in [2.24, 2.45) is 0 Å². The first-order chi connectivity index (χ1) is 12.0. The number of amides is 1. The molecule has 0 saturated heterocycles. The number of hydrogen-bond donors (Lipinski definition) is 2. The van der Waals surface area contributed by atoms with E-state index in [2.05, 4.69) is 26.2 Å². The number of halogens is 2. The normalized spacial score (nSPS) is 10.5. The summed E-state index contributed by atoms with van der Waals surface area (Å²) in [6.45, 7) is 1.96. The van der Waals surface area contributed by atoms with E-state index >= 15 is 0 Å². The van der Waals surface area contributed by atoms with Crippen LogP contribution in [0.25, 0.3) is 5.69 Å². The smallest absolute Gasteiger partial charge is 0.243 e. The molecule has 0 radical (unpaired) electrons. The van der Waals surface area contributed by atoms with E-state index in [1.54, 1.807) is 0 Å². The number of nitrogens with one attached hydrogen (secondary N) is 2. The summed E-state index contributed by atoms with van der Waals surface area (Å²) in [7, 11) is 0. The minimum Gasteiger partial charge on any atom is -0.376 e. The lowest BCUT2D eigenvalue weighted by Crippen LogP contribution is -2.22. The molecule has 0 aliphatic rings. The lowest BCUT2D eigenvalue weighted by molar-refractivity contribution is -0.114. The lowest BCUT2D eigenvalue weighted by Gasteiger charge is -2.12. The number of carbonyl (C=O) groups is 1. The third kappa shape index (κ3) is 4.10. The fourth-order valence-electron chi connectivity index (χ4n) is 2.18. The predicted molar refractivity (Wildman–Crippen MR) is 92.4 cm³/mol. The van der Waals surface area contributed by atoms with Crippen LogP contribution in [0.5, 0.6) is 0 Å². The van der Waals surface area contributed by atoms with Gasteiger partial charge >= 0.3 is 0 Å². The topological polar surface area (TPSA) is 84.7 Å². The van der Waals surface area contributed by atoms with Gasteiger partial charge in [-0.1, -0.05) is 17.7 Å². The summed E-state index contributed by atoms with van der Waals surface area (Å²) in [4.78, 5) is 12.1. The van der Waals surface area contributed by atoms with Crippen LogP contribution in [0.2, 0.25) is 5.02 Å². The molecule has 0 unspecified atom stereocenters. The fourth-order valence-corrected chi connectivity index (χ4v) is 2.36. The molecule has 0 atom stereocenters. The van der Waals surface area contributed by atoms with Gasteiger partial charge < -0.3 is 10.6 Å². The Morgan fingerprint density at radius 1 is 1.28 bits per heavy atom. The van der Waals surface area contributed by atoms with Crippen molar-refractivity contribution in [3.63, 3.8) is 0 Å². The van der Waals surface area contributed by atoms with E-state index in [4.69, 9.17) is 11.6 Å². The molecule has 0 aliphatic carbocycles. The monoisotopic (exact) mass is 360 g/mol. The zero-order valence-corrected chi connectivity index (χ0v) is 14.0. The van der Waals surface area contributed by atoms with Gasteiger partial charge in [-0.15, -0.1) is 5.10 Å². The molecule has 0 aliphatic heterocycles. The Morgan fingerprint density at radius 2 is 2.12 bits per heavy atom. The molecule has 0 fully saturated rings. The third-order valence-electron chi connectivity index (χ3n) is 3.48. The summed E-state index contributed by atoms with van der Waals surface area (Å²) < 4.78 is 14.7. The highest BCUT2D eigenvalue weighted by molar-refractivity contribution is 6.31. The largest absolute Gasteiger partial charge is 0.376 e. The van der Waals surface area contributed by atoms with Crippen molar-refractivity contribution in [1.29, 1.82) is 0 Å². The second-order valence-corrected chi connectivity index (χ2v) is 5.69. The summed E-state index contributed by atoms with van der Waals surface area (Å²) in [6, 6.07) is 9.62. The number of tetrazole rings is 1. The fraction of sp³-hybridized carbons (Fsp3) is 0.125. The molecule has 128 valence electrons. The summed E-state index contributed by atoms with van der Waals surface area (Å²) in [6.07, 6.45) is 1.49. The van der Waals surface area contributed by atoms with Gasteiger partial charge in [0.15, 0.2) is 0 Å². The van der Waals surface area contributed by atoms with Gasteiger partial charge in [0.1, 0.15) is 12.1 Å². The Labute approximate surface area is 147 Å². The minimum atomic E-state index is -0.534. The van der Waals surface area contributed by atoms with Crippen LogP contribution >= 0.6 is 11.6 Å². The molecule has 1 heterocycles. The lowest BCUT2D eigenvalue weighted by atomic mass is 10.2. The van der Waals surface area contributed by atoms with Gasteiger partial charge in [-0.25, -0.2) is 9.07 Å². The summed E-state index contributed by atoms with van der Waals surface area (Å²) in [5, 5.41) is 16.7. The second kappa shape index (κ2) is 7.27. The van der Waals surface area contributed by atoms with Crippen LogP contribution < -0.4 is 10.6 Å². The van der Waals surface area contributed by atoms with Crippen LogP contribution in [0.3, 0.4) is 0 Å². The van der Waals surface area contributed by atoms with E-state index in [-0.39, 0.29) is 17.5 Å². The molecule has 2 aromatic carbocycles. The molecule has 9 heteroatoms. The summed E-state index contributed by atoms with van der Waals surface area (Å²) in [5.41, 5.74) is 2.94. The van der Waals surface area contributed by atoms with Gasteiger partial charge in [0.05, 0.1) is 17.3 Å². The maximum atomic E-state index is 13.1. The van der Waals surface area contributed by atoms with E-state index in [1.807, 2.05) is 25.1 Å². The summed E-state index contributed by atoms with van der Waals surface area (Å²) >= 11 is 5.70. The first kappa shape index (κ1) is 16.8. The molecule has 3 aromatic rings. The van der Waals surface area contributed by atoms with Gasteiger partial charge in [0, 0.05) is 11.4 Å². The number of carbonyl (C=O) groups excluding carboxylic acids is 1. The average Bonchev–Trinajstić information content (AvgIpc) is 3.12. The van der Waals surface area contributed by atoms with E-state index in [0.717, 1.165) is 16.9 Å². The number of anilines is 2. The van der Waals surface area contributed by atoms with Crippen molar-refractivity contribution in [3.8, 4) is 5.69 Å². The van der Waals surface area contributed by atoms with Gasteiger partial charge in [0.2, 0.25) is 5.91 Å². The minimum absolute atomic E-state index is 0.0366. The van der Waals surface area contributed by atoms with Crippen LogP contribution in [-0.4, -0.2) is 32.7 Å². The Kier molecular flexibility index (Phi) is 4.90. The van der Waals surface area contributed by atoms with Crippen molar-refractivity contribution in [3.05, 3.63) is 59.1 Å². The molecule has 25 heavy (non-hydrogen) atoms. The van der Waals surface area contributed by atoms with Crippen molar-refractivity contribution < 1.29 is 9.18 Å². The molecular weight excluding hydrogens is 347 g/mol. The Morgan fingerprint density at radius 3 is 2.84 bits per heavy atom. The number of rotatable bonds is 5. The zero-order valence-electron chi connectivity index (χ0n) is 13.2. The van der Waals surface area contributed by atoms with Crippen molar-refractivity contribution in [2.75, 3.05) is 17.2 Å². The van der Waals surface area contributed by atoms with Crippen molar-refractivity contribution in [2.45, 2.75) is 6.92 Å². The SMILES string of the molecule is Cc1ccc(-n2cnnn2)cc1NCC(=O)Nc1ccc(F)c(Cl)c1. The van der Waals surface area contributed by atoms with Crippen LogP contribution in [-0.2, 0) is 4.79 Å². The van der Waals surface area contributed by atoms with Crippen LogP contribution in [0, 0.1) is 12.7 Å². The van der Waals surface area contributed by atoms with E-state index in [1.165, 1.54) is 29.2 Å². The second-order valence-electron chi connectivity index (χ2n) is 5.28. The van der Waals surface area contributed by atoms with Crippen LogP contribution in [0.1, 0.15) is 5.56 Å². The number of aromatic nitrogens is 4. The zero-order chi connectivity index (χ0) is 17.8. The average molecular weight is 361 g/mol. The van der Waals surface area contributed by atoms with E-state index < -0.39 is 5.82 Å².